The van der Waals surface area contributed by atoms with Crippen molar-refractivity contribution in [2.45, 2.75) is 25.7 Å². The van der Waals surface area contributed by atoms with Gasteiger partial charge >= 0.3 is 24.1 Å². The van der Waals surface area contributed by atoms with Crippen LogP contribution in [0.2, 0.25) is 0 Å². The fourth-order valence-corrected chi connectivity index (χ4v) is 2.99. The fraction of sp³-hybridized carbons (Fsp3) is 0.526. The third-order valence-corrected chi connectivity index (χ3v) is 4.30. The quantitative estimate of drug-likeness (QED) is 0.261. The average Bonchev–Trinajstić information content (AvgIpc) is 2.68. The van der Waals surface area contributed by atoms with Gasteiger partial charge in [-0.25, -0.2) is 9.59 Å². The summed E-state index contributed by atoms with van der Waals surface area (Å²) in [6.45, 7) is 9.08. The highest BCUT2D eigenvalue weighted by atomic mass is 16.7. The molecule has 2 fully saturated rings. The van der Waals surface area contributed by atoms with Crippen molar-refractivity contribution in [3.63, 3.8) is 0 Å². The second-order valence-electron chi connectivity index (χ2n) is 6.96. The summed E-state index contributed by atoms with van der Waals surface area (Å²) in [6.07, 6.45) is 1.13. The summed E-state index contributed by atoms with van der Waals surface area (Å²) in [7, 11) is 0. The number of ether oxygens (including phenoxy) is 4. The van der Waals surface area contributed by atoms with E-state index in [1.165, 1.54) is 30.9 Å². The minimum absolute atomic E-state index is 0.0462. The first-order valence-electron chi connectivity index (χ1n) is 9.17. The highest BCUT2D eigenvalue weighted by molar-refractivity contribution is 6.18. The van der Waals surface area contributed by atoms with E-state index < -0.39 is 47.7 Å². The van der Waals surface area contributed by atoms with Gasteiger partial charge in [0.25, 0.3) is 5.79 Å². The molecule has 0 radical (unpaired) electrons. The summed E-state index contributed by atoms with van der Waals surface area (Å²) in [6, 6.07) is -1.35. The topological polar surface area (TPSA) is 129 Å². The van der Waals surface area contributed by atoms with Crippen molar-refractivity contribution in [1.82, 2.24) is 9.80 Å². The van der Waals surface area contributed by atoms with Gasteiger partial charge in [-0.05, 0) is 0 Å². The number of carbonyl (C=O) groups is 5. The predicted molar refractivity (Wildman–Crippen MR) is 99.9 cm³/mol. The molecular weight excluding hydrogens is 400 g/mol. The number of hydrogen-bond acceptors (Lipinski definition) is 9. The Hall–Kier alpha value is -3.37. The Balaban J connectivity index is 2.26. The van der Waals surface area contributed by atoms with Gasteiger partial charge in [-0.15, -0.1) is 0 Å². The third kappa shape index (κ3) is 5.16. The number of Topliss-reactive ketones (excluding diaryl/α,β-unsaturated/α-hetero) is 1. The van der Waals surface area contributed by atoms with Crippen molar-refractivity contribution < 1.29 is 42.9 Å². The normalized spacial score (nSPS) is 21.2. The number of nitrogens with zero attached hydrogens (tertiary/aromatic N) is 2. The van der Waals surface area contributed by atoms with Gasteiger partial charge in [-0.1, -0.05) is 25.3 Å². The molecule has 2 aliphatic heterocycles. The first kappa shape index (κ1) is 22.9. The molecule has 30 heavy (non-hydrogen) atoms. The Kier molecular flexibility index (Phi) is 7.19. The maximum atomic E-state index is 13.1. The Bertz CT molecular complexity index is 741. The van der Waals surface area contributed by atoms with Gasteiger partial charge in [-0.2, -0.15) is 0 Å². The van der Waals surface area contributed by atoms with E-state index in [-0.39, 0.29) is 32.8 Å². The van der Waals surface area contributed by atoms with Crippen LogP contribution in [0.5, 0.6) is 0 Å². The summed E-state index contributed by atoms with van der Waals surface area (Å²) < 4.78 is 19.9. The minimum atomic E-state index is -1.89. The van der Waals surface area contributed by atoms with E-state index in [9.17, 15) is 24.0 Å². The smallest absolute Gasteiger partial charge is 0.410 e. The Morgan fingerprint density at radius 3 is 2.10 bits per heavy atom. The number of rotatable bonds is 6. The van der Waals surface area contributed by atoms with E-state index in [1.54, 1.807) is 0 Å². The highest BCUT2D eigenvalue weighted by Gasteiger charge is 2.51. The lowest BCUT2D eigenvalue weighted by molar-refractivity contribution is -0.238. The molecule has 11 nitrogen and oxygen atoms in total. The molecule has 0 spiro atoms. The fourth-order valence-electron chi connectivity index (χ4n) is 2.99. The van der Waals surface area contributed by atoms with Crippen molar-refractivity contribution in [3.8, 4) is 0 Å². The molecule has 1 unspecified atom stereocenters. The standard InChI is InChI=1S/C19H24N2O9/c1-5-9-27-17(25)20-7-8-21(18(26)28-10-6-2)12(11-20)14(22)13-15(23)29-19(3,4)30-16(13)24/h5-6,12-13H,1-2,7-11H2,3-4H3. The number of carbonyl (C=O) groups excluding carboxylic acids is 5. The molecule has 0 aromatic heterocycles. The van der Waals surface area contributed by atoms with E-state index in [0.717, 1.165) is 4.90 Å². The molecule has 0 bridgehead atoms. The van der Waals surface area contributed by atoms with Gasteiger partial charge in [0.2, 0.25) is 5.92 Å². The molecule has 0 aliphatic carbocycles. The van der Waals surface area contributed by atoms with Crippen LogP contribution in [0.15, 0.2) is 25.3 Å². The lowest BCUT2D eigenvalue weighted by Gasteiger charge is -2.41. The van der Waals surface area contributed by atoms with Crippen LogP contribution in [0.25, 0.3) is 0 Å². The summed E-state index contributed by atoms with van der Waals surface area (Å²) in [4.78, 5) is 64.5. The molecule has 0 saturated carbocycles. The summed E-state index contributed by atoms with van der Waals surface area (Å²) >= 11 is 0. The van der Waals surface area contributed by atoms with Gasteiger partial charge in [0.05, 0.1) is 6.54 Å². The molecule has 0 aromatic carbocycles. The summed E-state index contributed by atoms with van der Waals surface area (Å²) in [5.74, 6) is -6.53. The minimum Gasteiger partial charge on any atom is -0.445 e. The van der Waals surface area contributed by atoms with Crippen LogP contribution in [0.3, 0.4) is 0 Å². The van der Waals surface area contributed by atoms with Crippen LogP contribution in [0.1, 0.15) is 13.8 Å². The van der Waals surface area contributed by atoms with Crippen LogP contribution < -0.4 is 0 Å². The Morgan fingerprint density at radius 1 is 1.03 bits per heavy atom. The van der Waals surface area contributed by atoms with Gasteiger partial charge in [0, 0.05) is 26.9 Å². The van der Waals surface area contributed by atoms with Gasteiger partial charge in [-0.3, -0.25) is 19.3 Å². The molecule has 0 aromatic rings. The van der Waals surface area contributed by atoms with Crippen molar-refractivity contribution >= 4 is 29.9 Å². The Morgan fingerprint density at radius 2 is 1.57 bits per heavy atom. The first-order chi connectivity index (χ1) is 14.1. The van der Waals surface area contributed by atoms with Crippen LogP contribution in [-0.2, 0) is 33.3 Å². The molecule has 2 rings (SSSR count). The zero-order valence-corrected chi connectivity index (χ0v) is 16.8. The first-order valence-corrected chi connectivity index (χ1v) is 9.17. The molecule has 2 amide bonds. The van der Waals surface area contributed by atoms with Crippen LogP contribution in [-0.4, -0.2) is 84.4 Å². The van der Waals surface area contributed by atoms with Crippen LogP contribution in [0.4, 0.5) is 9.59 Å². The van der Waals surface area contributed by atoms with Gasteiger partial charge in [0.15, 0.2) is 5.78 Å². The molecule has 1 atom stereocenters. The number of ketones is 1. The lowest BCUT2D eigenvalue weighted by atomic mass is 9.94. The molecule has 11 heteroatoms. The zero-order chi connectivity index (χ0) is 22.5. The number of hydrogen-bond donors (Lipinski definition) is 0. The van der Waals surface area contributed by atoms with Gasteiger partial charge < -0.3 is 23.8 Å². The maximum Gasteiger partial charge on any atom is 0.410 e. The zero-order valence-electron chi connectivity index (χ0n) is 16.8. The largest absolute Gasteiger partial charge is 0.445 e. The van der Waals surface area contributed by atoms with Crippen LogP contribution in [0, 0.1) is 5.92 Å². The highest BCUT2D eigenvalue weighted by Crippen LogP contribution is 2.26. The SMILES string of the molecule is C=CCOC(=O)N1CCN(C(=O)OCC=C)C(C(=O)C2C(=O)OC(C)(C)OC2=O)C1. The summed E-state index contributed by atoms with van der Waals surface area (Å²) in [5.41, 5.74) is 0. The number of cyclic esters (lactones) is 2. The summed E-state index contributed by atoms with van der Waals surface area (Å²) in [5, 5.41) is 0. The molecule has 164 valence electrons. The Labute approximate surface area is 173 Å². The van der Waals surface area contributed by atoms with E-state index in [1.807, 2.05) is 0 Å². The molecule has 2 heterocycles. The second-order valence-corrected chi connectivity index (χ2v) is 6.96. The lowest BCUT2D eigenvalue weighted by Crippen LogP contribution is -2.62. The molecular formula is C19H24N2O9. The van der Waals surface area contributed by atoms with Crippen molar-refractivity contribution in [2.24, 2.45) is 5.92 Å². The molecule has 0 N–H and O–H groups in total. The average molecular weight is 424 g/mol. The maximum absolute atomic E-state index is 13.1. The second kappa shape index (κ2) is 9.42. The number of piperazine rings is 1. The number of esters is 2. The molecule has 2 aliphatic rings. The van der Waals surface area contributed by atoms with E-state index >= 15 is 0 Å². The predicted octanol–water partition coefficient (Wildman–Crippen LogP) is 0.639. The van der Waals surface area contributed by atoms with E-state index in [2.05, 4.69) is 13.2 Å². The van der Waals surface area contributed by atoms with Gasteiger partial charge in [0.1, 0.15) is 19.3 Å². The van der Waals surface area contributed by atoms with E-state index in [4.69, 9.17) is 18.9 Å². The van der Waals surface area contributed by atoms with Crippen molar-refractivity contribution in [1.29, 1.82) is 0 Å². The molecule has 2 saturated heterocycles. The van der Waals surface area contributed by atoms with Crippen LogP contribution >= 0.6 is 0 Å². The van der Waals surface area contributed by atoms with E-state index in [0.29, 0.717) is 0 Å². The third-order valence-electron chi connectivity index (χ3n) is 4.30. The van der Waals surface area contributed by atoms with Crippen molar-refractivity contribution in [3.05, 3.63) is 25.3 Å². The van der Waals surface area contributed by atoms with Crippen molar-refractivity contribution in [2.75, 3.05) is 32.8 Å². The number of amides is 2. The monoisotopic (exact) mass is 424 g/mol.